The fraction of sp³-hybridized carbons (Fsp3) is 0.133. The van der Waals surface area contributed by atoms with Crippen LogP contribution in [0.1, 0.15) is 28.9 Å². The number of benzene rings is 2. The van der Waals surface area contributed by atoms with Gasteiger partial charge in [-0.05, 0) is 36.8 Å². The predicted molar refractivity (Wildman–Crippen MR) is 71.8 cm³/mol. The topological polar surface area (TPSA) is 49.3 Å². The van der Waals surface area contributed by atoms with Gasteiger partial charge in [-0.25, -0.2) is 18.0 Å². The van der Waals surface area contributed by atoms with Crippen LogP contribution in [0, 0.1) is 17.5 Å². The van der Waals surface area contributed by atoms with Crippen molar-refractivity contribution in [2.45, 2.75) is 13.0 Å². The molecule has 0 aliphatic heterocycles. The number of carbonyl (C=O) groups is 1. The Balaban J connectivity index is 2.29. The molecule has 1 atom stereocenters. The maximum atomic E-state index is 13.8. The third-order valence-electron chi connectivity index (χ3n) is 3.00. The van der Waals surface area contributed by atoms with Gasteiger partial charge in [0.05, 0.1) is 5.56 Å². The smallest absolute Gasteiger partial charge is 0.335 e. The van der Waals surface area contributed by atoms with Crippen molar-refractivity contribution in [1.82, 2.24) is 0 Å². The summed E-state index contributed by atoms with van der Waals surface area (Å²) in [5.41, 5.74) is -0.415. The van der Waals surface area contributed by atoms with Gasteiger partial charge in [0.1, 0.15) is 23.1 Å². The van der Waals surface area contributed by atoms with Gasteiger partial charge in [-0.1, -0.05) is 12.1 Å². The fourth-order valence-electron chi connectivity index (χ4n) is 1.91. The molecule has 0 heterocycles. The molecule has 0 saturated carbocycles. The first kappa shape index (κ1) is 14.9. The first-order chi connectivity index (χ1) is 9.88. The van der Waals surface area contributed by atoms with Gasteiger partial charge in [0.15, 0.2) is 0 Å². The normalized spacial score (nSPS) is 12.0. The molecule has 2 N–H and O–H groups in total. The molecule has 0 radical (unpaired) electrons. The van der Waals surface area contributed by atoms with Crippen LogP contribution < -0.4 is 5.32 Å². The first-order valence-electron chi connectivity index (χ1n) is 6.13. The second kappa shape index (κ2) is 5.87. The van der Waals surface area contributed by atoms with Crippen molar-refractivity contribution in [2.75, 3.05) is 5.32 Å². The van der Waals surface area contributed by atoms with Gasteiger partial charge in [0.2, 0.25) is 0 Å². The zero-order chi connectivity index (χ0) is 15.6. The Morgan fingerprint density at radius 1 is 1.14 bits per heavy atom. The molecule has 0 bridgehead atoms. The molecule has 21 heavy (non-hydrogen) atoms. The number of hydrogen-bond donors (Lipinski definition) is 2. The molecule has 2 rings (SSSR count). The minimum atomic E-state index is -1.42. The highest BCUT2D eigenvalue weighted by Gasteiger charge is 2.17. The summed E-state index contributed by atoms with van der Waals surface area (Å²) in [6.07, 6.45) is 0. The monoisotopic (exact) mass is 295 g/mol. The van der Waals surface area contributed by atoms with E-state index in [1.165, 1.54) is 18.2 Å². The Labute approximate surface area is 119 Å². The highest BCUT2D eigenvalue weighted by Crippen LogP contribution is 2.26. The summed E-state index contributed by atoms with van der Waals surface area (Å²) in [6.45, 7) is 1.61. The number of carboxylic acid groups (broad SMARTS) is 1. The lowest BCUT2D eigenvalue weighted by Crippen LogP contribution is -2.11. The van der Waals surface area contributed by atoms with Crippen LogP contribution in [-0.4, -0.2) is 11.1 Å². The highest BCUT2D eigenvalue weighted by molar-refractivity contribution is 5.88. The van der Waals surface area contributed by atoms with Crippen LogP contribution in [-0.2, 0) is 0 Å². The van der Waals surface area contributed by atoms with E-state index in [-0.39, 0.29) is 0 Å². The minimum absolute atomic E-state index is 0.447. The van der Waals surface area contributed by atoms with Gasteiger partial charge in [-0.3, -0.25) is 0 Å². The van der Waals surface area contributed by atoms with Gasteiger partial charge < -0.3 is 10.4 Å². The maximum Gasteiger partial charge on any atom is 0.335 e. The largest absolute Gasteiger partial charge is 0.478 e. The third-order valence-corrected chi connectivity index (χ3v) is 3.00. The SMILES string of the molecule is CC(Nc1c(F)cc(C(=O)O)cc1F)c1cccc(F)c1. The first-order valence-corrected chi connectivity index (χ1v) is 6.13. The summed E-state index contributed by atoms with van der Waals surface area (Å²) in [5, 5.41) is 11.3. The van der Waals surface area contributed by atoms with E-state index in [2.05, 4.69) is 5.32 Å². The quantitative estimate of drug-likeness (QED) is 0.897. The number of hydrogen-bond acceptors (Lipinski definition) is 2. The highest BCUT2D eigenvalue weighted by atomic mass is 19.1. The Kier molecular flexibility index (Phi) is 4.16. The zero-order valence-electron chi connectivity index (χ0n) is 11.0. The Morgan fingerprint density at radius 3 is 2.29 bits per heavy atom. The Morgan fingerprint density at radius 2 is 1.76 bits per heavy atom. The second-order valence-corrected chi connectivity index (χ2v) is 4.54. The van der Waals surface area contributed by atoms with Gasteiger partial charge in [-0.2, -0.15) is 0 Å². The van der Waals surface area contributed by atoms with Crippen molar-refractivity contribution in [1.29, 1.82) is 0 Å². The van der Waals surface area contributed by atoms with E-state index in [1.54, 1.807) is 13.0 Å². The van der Waals surface area contributed by atoms with Crippen molar-refractivity contribution in [3.05, 3.63) is 65.0 Å². The number of carboxylic acids is 1. The summed E-state index contributed by atoms with van der Waals surface area (Å²) in [6, 6.07) is 6.52. The zero-order valence-corrected chi connectivity index (χ0v) is 11.0. The third kappa shape index (κ3) is 3.34. The average Bonchev–Trinajstić information content (AvgIpc) is 2.42. The lowest BCUT2D eigenvalue weighted by molar-refractivity contribution is 0.0696. The molecule has 2 aromatic carbocycles. The summed E-state index contributed by atoms with van der Waals surface area (Å²) < 4.78 is 40.7. The number of rotatable bonds is 4. The van der Waals surface area contributed by atoms with Crippen molar-refractivity contribution in [3.63, 3.8) is 0 Å². The lowest BCUT2D eigenvalue weighted by Gasteiger charge is -2.17. The van der Waals surface area contributed by atoms with Gasteiger partial charge in [-0.15, -0.1) is 0 Å². The van der Waals surface area contributed by atoms with Crippen LogP contribution in [0.3, 0.4) is 0 Å². The maximum absolute atomic E-state index is 13.8. The number of halogens is 3. The van der Waals surface area contributed by atoms with Gasteiger partial charge in [0, 0.05) is 6.04 Å². The average molecular weight is 295 g/mol. The molecule has 110 valence electrons. The summed E-state index contributed by atoms with van der Waals surface area (Å²) in [4.78, 5) is 10.7. The fourth-order valence-corrected chi connectivity index (χ4v) is 1.91. The van der Waals surface area contributed by atoms with E-state index in [9.17, 15) is 18.0 Å². The molecule has 2 aromatic rings. The Hall–Kier alpha value is -2.50. The van der Waals surface area contributed by atoms with Gasteiger partial charge in [0.25, 0.3) is 0 Å². The van der Waals surface area contributed by atoms with Crippen molar-refractivity contribution >= 4 is 11.7 Å². The van der Waals surface area contributed by atoms with E-state index in [0.29, 0.717) is 5.56 Å². The molecule has 3 nitrogen and oxygen atoms in total. The van der Waals surface area contributed by atoms with E-state index in [1.807, 2.05) is 0 Å². The number of anilines is 1. The van der Waals surface area contributed by atoms with Crippen molar-refractivity contribution < 1.29 is 23.1 Å². The standard InChI is InChI=1S/C15H12F3NO2/c1-8(9-3-2-4-11(16)5-9)19-14-12(17)6-10(15(20)21)7-13(14)18/h2-8,19H,1H3,(H,20,21). The van der Waals surface area contributed by atoms with Crippen molar-refractivity contribution in [2.24, 2.45) is 0 Å². The molecule has 6 heteroatoms. The minimum Gasteiger partial charge on any atom is -0.478 e. The van der Waals surface area contributed by atoms with E-state index in [0.717, 1.165) is 12.1 Å². The van der Waals surface area contributed by atoms with Crippen LogP contribution in [0.5, 0.6) is 0 Å². The van der Waals surface area contributed by atoms with Crippen LogP contribution in [0.4, 0.5) is 18.9 Å². The number of nitrogens with one attached hydrogen (secondary N) is 1. The molecule has 1 unspecified atom stereocenters. The van der Waals surface area contributed by atoms with E-state index >= 15 is 0 Å². The second-order valence-electron chi connectivity index (χ2n) is 4.54. The molecule has 0 saturated heterocycles. The predicted octanol–water partition coefficient (Wildman–Crippen LogP) is 3.98. The molecule has 0 aliphatic rings. The molecule has 0 aliphatic carbocycles. The molecule has 0 spiro atoms. The number of aromatic carboxylic acids is 1. The molecular weight excluding hydrogens is 283 g/mol. The summed E-state index contributed by atoms with van der Waals surface area (Å²) in [7, 11) is 0. The van der Waals surface area contributed by atoms with Crippen molar-refractivity contribution in [3.8, 4) is 0 Å². The Bertz CT molecular complexity index is 665. The lowest BCUT2D eigenvalue weighted by atomic mass is 10.1. The summed E-state index contributed by atoms with van der Waals surface area (Å²) in [5.74, 6) is -3.91. The summed E-state index contributed by atoms with van der Waals surface area (Å²) >= 11 is 0. The molecule has 0 aromatic heterocycles. The van der Waals surface area contributed by atoms with Crippen LogP contribution in [0.2, 0.25) is 0 Å². The van der Waals surface area contributed by atoms with E-state index < -0.39 is 40.7 Å². The molecule has 0 fully saturated rings. The van der Waals surface area contributed by atoms with E-state index in [4.69, 9.17) is 5.11 Å². The molecule has 0 amide bonds. The van der Waals surface area contributed by atoms with Crippen LogP contribution in [0.25, 0.3) is 0 Å². The van der Waals surface area contributed by atoms with Crippen LogP contribution >= 0.6 is 0 Å². The molecular formula is C15H12F3NO2. The van der Waals surface area contributed by atoms with Gasteiger partial charge >= 0.3 is 5.97 Å². The van der Waals surface area contributed by atoms with Crippen LogP contribution in [0.15, 0.2) is 36.4 Å².